The van der Waals surface area contributed by atoms with E-state index in [0.717, 1.165) is 5.56 Å². The molecule has 0 aliphatic rings. The van der Waals surface area contributed by atoms with Crippen LogP contribution in [-0.2, 0) is 9.53 Å². The zero-order valence-electron chi connectivity index (χ0n) is 13.8. The number of hydrogen-bond acceptors (Lipinski definition) is 4. The molecule has 0 N–H and O–H groups in total. The summed E-state index contributed by atoms with van der Waals surface area (Å²) < 4.78 is 5.01. The highest BCUT2D eigenvalue weighted by Gasteiger charge is 2.32. The summed E-state index contributed by atoms with van der Waals surface area (Å²) in [4.78, 5) is 24.8. The van der Waals surface area contributed by atoms with Crippen LogP contribution in [0.25, 0.3) is 0 Å². The van der Waals surface area contributed by atoms with Crippen molar-refractivity contribution in [2.24, 2.45) is 5.92 Å². The second-order valence-electron chi connectivity index (χ2n) is 5.51. The summed E-state index contributed by atoms with van der Waals surface area (Å²) in [5, 5.41) is 10.0. The Hall–Kier alpha value is -2.64. The van der Waals surface area contributed by atoms with E-state index < -0.39 is 17.8 Å². The number of benzene rings is 2. The molecule has 0 spiro atoms. The summed E-state index contributed by atoms with van der Waals surface area (Å²) in [6.07, 6.45) is 0.0304. The highest BCUT2D eigenvalue weighted by atomic mass is 35.5. The van der Waals surface area contributed by atoms with Gasteiger partial charge in [0.2, 0.25) is 0 Å². The van der Waals surface area contributed by atoms with Crippen molar-refractivity contribution < 1.29 is 14.3 Å². The molecule has 4 nitrogen and oxygen atoms in total. The Labute approximate surface area is 152 Å². The Morgan fingerprint density at radius 3 is 2.32 bits per heavy atom. The number of esters is 1. The van der Waals surface area contributed by atoms with Crippen LogP contribution in [0.5, 0.6) is 0 Å². The predicted molar refractivity (Wildman–Crippen MR) is 95.3 cm³/mol. The first-order valence-electron chi connectivity index (χ1n) is 7.96. The maximum absolute atomic E-state index is 12.6. The molecule has 0 bridgehead atoms. The number of Topliss-reactive ketones (excluding diaryl/α,β-unsaturated/α-hetero) is 1. The topological polar surface area (TPSA) is 67.2 Å². The van der Waals surface area contributed by atoms with Gasteiger partial charge in [-0.3, -0.25) is 9.59 Å². The smallest absolute Gasteiger partial charge is 0.323 e. The van der Waals surface area contributed by atoms with E-state index in [1.165, 1.54) is 0 Å². The predicted octanol–water partition coefficient (Wildman–Crippen LogP) is 4.40. The Morgan fingerprint density at radius 2 is 1.76 bits per heavy atom. The molecule has 0 aliphatic heterocycles. The monoisotopic (exact) mass is 355 g/mol. The standard InChI is InChI=1S/C20H18ClNO3/c1-2-25-20(24)18(13-22)17(14-6-4-3-5-7-14)12-19(23)15-8-10-16(21)11-9-15/h3-11,17-18H,2,12H2,1H3. The van der Waals surface area contributed by atoms with E-state index in [1.807, 2.05) is 36.4 Å². The Kier molecular flexibility index (Phi) is 6.73. The van der Waals surface area contributed by atoms with Gasteiger partial charge in [-0.2, -0.15) is 5.26 Å². The molecule has 2 atom stereocenters. The molecule has 128 valence electrons. The van der Waals surface area contributed by atoms with Gasteiger partial charge >= 0.3 is 5.97 Å². The molecule has 0 radical (unpaired) electrons. The van der Waals surface area contributed by atoms with Crippen molar-refractivity contribution in [1.82, 2.24) is 0 Å². The van der Waals surface area contributed by atoms with Gasteiger partial charge in [0.05, 0.1) is 12.7 Å². The maximum Gasteiger partial charge on any atom is 0.323 e. The van der Waals surface area contributed by atoms with Gasteiger partial charge in [-0.25, -0.2) is 0 Å². The lowest BCUT2D eigenvalue weighted by Crippen LogP contribution is -2.25. The molecule has 0 heterocycles. The first kappa shape index (κ1) is 18.7. The summed E-state index contributed by atoms with van der Waals surface area (Å²) in [6, 6.07) is 17.6. The van der Waals surface area contributed by atoms with Crippen molar-refractivity contribution in [2.75, 3.05) is 6.61 Å². The second-order valence-corrected chi connectivity index (χ2v) is 5.95. The van der Waals surface area contributed by atoms with Crippen LogP contribution >= 0.6 is 11.6 Å². The van der Waals surface area contributed by atoms with E-state index >= 15 is 0 Å². The minimum absolute atomic E-state index is 0.0304. The van der Waals surface area contributed by atoms with E-state index in [1.54, 1.807) is 31.2 Å². The van der Waals surface area contributed by atoms with Crippen LogP contribution in [0.15, 0.2) is 54.6 Å². The molecule has 0 aromatic heterocycles. The average molecular weight is 356 g/mol. The molecule has 25 heavy (non-hydrogen) atoms. The van der Waals surface area contributed by atoms with Crippen molar-refractivity contribution in [1.29, 1.82) is 5.26 Å². The molecule has 2 aromatic rings. The van der Waals surface area contributed by atoms with Crippen molar-refractivity contribution in [3.05, 3.63) is 70.7 Å². The first-order chi connectivity index (χ1) is 12.1. The number of carbonyl (C=O) groups is 2. The number of rotatable bonds is 7. The van der Waals surface area contributed by atoms with Gasteiger partial charge in [0.1, 0.15) is 0 Å². The molecule has 0 aliphatic carbocycles. The molecule has 0 fully saturated rings. The normalized spacial score (nSPS) is 12.7. The van der Waals surface area contributed by atoms with Gasteiger partial charge in [-0.1, -0.05) is 41.9 Å². The Bertz CT molecular complexity index is 766. The summed E-state index contributed by atoms with van der Waals surface area (Å²) >= 11 is 5.85. The molecule has 0 saturated carbocycles. The number of nitrogens with zero attached hydrogens (tertiary/aromatic N) is 1. The Balaban J connectivity index is 2.31. The van der Waals surface area contributed by atoms with Crippen LogP contribution in [0.4, 0.5) is 0 Å². The highest BCUT2D eigenvalue weighted by molar-refractivity contribution is 6.30. The molecule has 5 heteroatoms. The number of hydrogen-bond donors (Lipinski definition) is 0. The SMILES string of the molecule is CCOC(=O)C(C#N)C(CC(=O)c1ccc(Cl)cc1)c1ccccc1. The lowest BCUT2D eigenvalue weighted by atomic mass is 9.82. The Morgan fingerprint density at radius 1 is 1.12 bits per heavy atom. The lowest BCUT2D eigenvalue weighted by Gasteiger charge is -2.20. The van der Waals surface area contributed by atoms with Crippen molar-refractivity contribution in [2.45, 2.75) is 19.3 Å². The third-order valence-corrected chi connectivity index (χ3v) is 4.13. The zero-order chi connectivity index (χ0) is 18.2. The number of ether oxygens (including phenoxy) is 1. The third kappa shape index (κ3) is 4.91. The molecule has 0 saturated heterocycles. The summed E-state index contributed by atoms with van der Waals surface area (Å²) in [6.45, 7) is 1.87. The van der Waals surface area contributed by atoms with Crippen LogP contribution in [-0.4, -0.2) is 18.4 Å². The molecule has 2 rings (SSSR count). The van der Waals surface area contributed by atoms with E-state index in [4.69, 9.17) is 16.3 Å². The molecular formula is C20H18ClNO3. The third-order valence-electron chi connectivity index (χ3n) is 3.88. The first-order valence-corrected chi connectivity index (χ1v) is 8.34. The second kappa shape index (κ2) is 9.00. The maximum atomic E-state index is 12.6. The van der Waals surface area contributed by atoms with Crippen molar-refractivity contribution >= 4 is 23.4 Å². The van der Waals surface area contributed by atoms with Gasteiger partial charge in [0.25, 0.3) is 0 Å². The number of nitriles is 1. The molecular weight excluding hydrogens is 338 g/mol. The van der Waals surface area contributed by atoms with Gasteiger partial charge in [-0.05, 0) is 36.8 Å². The summed E-state index contributed by atoms with van der Waals surface area (Å²) in [7, 11) is 0. The number of carbonyl (C=O) groups excluding carboxylic acids is 2. The summed E-state index contributed by atoms with van der Waals surface area (Å²) in [5.41, 5.74) is 1.25. The van der Waals surface area contributed by atoms with Gasteiger partial charge in [-0.15, -0.1) is 0 Å². The van der Waals surface area contributed by atoms with E-state index in [9.17, 15) is 14.9 Å². The van der Waals surface area contributed by atoms with E-state index in [0.29, 0.717) is 10.6 Å². The fourth-order valence-corrected chi connectivity index (χ4v) is 2.75. The lowest BCUT2D eigenvalue weighted by molar-refractivity contribution is -0.146. The van der Waals surface area contributed by atoms with Gasteiger partial charge in [0.15, 0.2) is 11.7 Å². The minimum Gasteiger partial charge on any atom is -0.465 e. The quantitative estimate of drug-likeness (QED) is 0.545. The molecule has 2 unspecified atom stereocenters. The van der Waals surface area contributed by atoms with Gasteiger partial charge < -0.3 is 4.74 Å². The minimum atomic E-state index is -1.04. The fraction of sp³-hybridized carbons (Fsp3) is 0.250. The van der Waals surface area contributed by atoms with Gasteiger partial charge in [0, 0.05) is 22.9 Å². The van der Waals surface area contributed by atoms with Crippen molar-refractivity contribution in [3.8, 4) is 6.07 Å². The van der Waals surface area contributed by atoms with Crippen LogP contribution in [0.1, 0.15) is 35.2 Å². The van der Waals surface area contributed by atoms with Crippen LogP contribution in [0, 0.1) is 17.2 Å². The molecule has 0 amide bonds. The molecule has 2 aromatic carbocycles. The van der Waals surface area contributed by atoms with Crippen LogP contribution in [0.2, 0.25) is 5.02 Å². The number of ketones is 1. The van der Waals surface area contributed by atoms with Crippen LogP contribution < -0.4 is 0 Å². The zero-order valence-corrected chi connectivity index (χ0v) is 14.6. The fourth-order valence-electron chi connectivity index (χ4n) is 2.62. The summed E-state index contributed by atoms with van der Waals surface area (Å²) in [5.74, 6) is -2.38. The average Bonchev–Trinajstić information content (AvgIpc) is 2.63. The van der Waals surface area contributed by atoms with E-state index in [2.05, 4.69) is 0 Å². The number of halogens is 1. The highest BCUT2D eigenvalue weighted by Crippen LogP contribution is 2.30. The van der Waals surface area contributed by atoms with E-state index in [-0.39, 0.29) is 18.8 Å². The largest absolute Gasteiger partial charge is 0.465 e. The van der Waals surface area contributed by atoms with Crippen molar-refractivity contribution in [3.63, 3.8) is 0 Å². The van der Waals surface area contributed by atoms with Crippen LogP contribution in [0.3, 0.4) is 0 Å².